The molecule has 0 saturated carbocycles. The normalized spacial score (nSPS) is 9.71. The summed E-state index contributed by atoms with van der Waals surface area (Å²) in [7, 11) is 3.33. The summed E-state index contributed by atoms with van der Waals surface area (Å²) in [5.41, 5.74) is 1.09. The third kappa shape index (κ3) is 6.13. The molecule has 0 spiro atoms. The summed E-state index contributed by atoms with van der Waals surface area (Å²) >= 11 is 0. The van der Waals surface area contributed by atoms with E-state index in [1.165, 1.54) is 0 Å². The zero-order valence-electron chi connectivity index (χ0n) is 5.08. The molecule has 0 fully saturated rings. The highest BCUT2D eigenvalue weighted by Gasteiger charge is 1.87. The van der Waals surface area contributed by atoms with Crippen molar-refractivity contribution in [3.63, 3.8) is 0 Å². The Morgan fingerprint density at radius 3 is 2.00 bits per heavy atom. The first-order valence-electron chi connectivity index (χ1n) is 2.44. The maximum atomic E-state index is 3.33. The second kappa shape index (κ2) is 3.17. The average Bonchev–Trinajstić information content (AvgIpc) is 1.27. The van der Waals surface area contributed by atoms with Crippen LogP contribution in [-0.4, -0.2) is 11.5 Å². The van der Waals surface area contributed by atoms with Crippen molar-refractivity contribution in [2.75, 3.05) is 0 Å². The largest absolute Gasteiger partial charge is 0.286 e. The maximum Gasteiger partial charge on any atom is 0.00875 e. The molecule has 0 aliphatic heterocycles. The zero-order valence-corrected chi connectivity index (χ0v) is 6.08. The van der Waals surface area contributed by atoms with E-state index in [4.69, 9.17) is 0 Å². The third-order valence-electron chi connectivity index (χ3n) is 0.505. The van der Waals surface area contributed by atoms with Gasteiger partial charge in [0.2, 0.25) is 0 Å². The highest BCUT2D eigenvalue weighted by molar-refractivity contribution is 7.20. The lowest BCUT2D eigenvalue weighted by molar-refractivity contribution is 0.738. The second-order valence-corrected chi connectivity index (χ2v) is 2.67. The Morgan fingerprint density at radius 2 is 2.00 bits per heavy atom. The molecule has 0 bridgehead atoms. The summed E-state index contributed by atoms with van der Waals surface area (Å²) in [6.07, 6.45) is 0. The topological polar surface area (TPSA) is 12.0 Å². The van der Waals surface area contributed by atoms with Crippen LogP contribution in [-0.2, 0) is 0 Å². The van der Waals surface area contributed by atoms with E-state index in [1.807, 2.05) is 6.92 Å². The van der Waals surface area contributed by atoms with Gasteiger partial charge in [-0.3, -0.25) is 5.32 Å². The summed E-state index contributed by atoms with van der Waals surface area (Å²) in [6, 6.07) is 0.539. The second-order valence-electron chi connectivity index (χ2n) is 1.92. The van der Waals surface area contributed by atoms with Gasteiger partial charge in [-0.2, -0.15) is 0 Å². The van der Waals surface area contributed by atoms with E-state index in [0.29, 0.717) is 6.04 Å². The van der Waals surface area contributed by atoms with Gasteiger partial charge in [-0.1, -0.05) is 0 Å². The van der Waals surface area contributed by atoms with E-state index in [1.54, 1.807) is 0 Å². The molecular weight excluding hydrogens is 105 g/mol. The third-order valence-corrected chi connectivity index (χ3v) is 0.650. The Hall–Kier alpha value is 0.130. The summed E-state index contributed by atoms with van der Waals surface area (Å²) in [6.45, 7) is 6.18. The first-order chi connectivity index (χ1) is 3.13. The molecule has 7 heavy (non-hydrogen) atoms. The molecular formula is C5H12NP. The molecule has 0 aliphatic carbocycles. The Labute approximate surface area is 47.3 Å². The van der Waals surface area contributed by atoms with Crippen molar-refractivity contribution in [1.82, 2.24) is 5.32 Å². The van der Waals surface area contributed by atoms with Crippen LogP contribution < -0.4 is 5.32 Å². The van der Waals surface area contributed by atoms with Crippen LogP contribution in [0.5, 0.6) is 0 Å². The molecule has 0 aliphatic rings. The van der Waals surface area contributed by atoms with Crippen LogP contribution in [0, 0.1) is 0 Å². The SMILES string of the molecule is CC(=P)NC(C)C. The van der Waals surface area contributed by atoms with E-state index in [-0.39, 0.29) is 0 Å². The Morgan fingerprint density at radius 1 is 1.57 bits per heavy atom. The van der Waals surface area contributed by atoms with Crippen molar-refractivity contribution < 1.29 is 0 Å². The van der Waals surface area contributed by atoms with Crippen LogP contribution in [0.25, 0.3) is 0 Å². The quantitative estimate of drug-likeness (QED) is 0.537. The lowest BCUT2D eigenvalue weighted by Crippen LogP contribution is -2.25. The smallest absolute Gasteiger partial charge is 0.00875 e. The fraction of sp³-hybridized carbons (Fsp3) is 0.800. The van der Waals surface area contributed by atoms with Gasteiger partial charge in [-0.15, -0.1) is 8.86 Å². The van der Waals surface area contributed by atoms with Gasteiger partial charge in [0.25, 0.3) is 0 Å². The van der Waals surface area contributed by atoms with Crippen molar-refractivity contribution in [3.05, 3.63) is 0 Å². The molecule has 1 N–H and O–H groups in total. The first-order valence-corrected chi connectivity index (χ1v) is 2.94. The molecule has 0 heterocycles. The molecule has 0 atom stereocenters. The maximum absolute atomic E-state index is 3.33. The minimum Gasteiger partial charge on any atom is -0.286 e. The standard InChI is InChI=1S/C5H12NP/c1-4(2)6-5(3)7/h4,6-7H,1-3H3. The van der Waals surface area contributed by atoms with Gasteiger partial charge >= 0.3 is 0 Å². The minimum atomic E-state index is 0.539. The molecule has 0 saturated heterocycles. The average molecular weight is 117 g/mol. The predicted molar refractivity (Wildman–Crippen MR) is 37.3 cm³/mol. The van der Waals surface area contributed by atoms with Crippen LogP contribution in [0.4, 0.5) is 0 Å². The first kappa shape index (κ1) is 7.13. The van der Waals surface area contributed by atoms with Gasteiger partial charge in [0.1, 0.15) is 0 Å². The van der Waals surface area contributed by atoms with Crippen molar-refractivity contribution >= 4 is 14.3 Å². The minimum absolute atomic E-state index is 0.539. The predicted octanol–water partition coefficient (Wildman–Crippen LogP) is 1.28. The summed E-state index contributed by atoms with van der Waals surface area (Å²) in [4.78, 5) is 0. The highest BCUT2D eigenvalue weighted by atomic mass is 31.0. The Kier molecular flexibility index (Phi) is 3.23. The van der Waals surface area contributed by atoms with Gasteiger partial charge in [0.05, 0.1) is 0 Å². The lowest BCUT2D eigenvalue weighted by Gasteiger charge is -2.03. The summed E-state index contributed by atoms with van der Waals surface area (Å²) in [5, 5.41) is 3.14. The van der Waals surface area contributed by atoms with Crippen molar-refractivity contribution in [2.45, 2.75) is 26.8 Å². The van der Waals surface area contributed by atoms with Gasteiger partial charge < -0.3 is 0 Å². The van der Waals surface area contributed by atoms with Crippen LogP contribution in [0.2, 0.25) is 0 Å². The van der Waals surface area contributed by atoms with E-state index in [2.05, 4.69) is 28.0 Å². The van der Waals surface area contributed by atoms with Crippen molar-refractivity contribution in [2.24, 2.45) is 0 Å². The number of nitrogens with one attached hydrogen (secondary N) is 1. The highest BCUT2D eigenvalue weighted by Crippen LogP contribution is 1.77. The molecule has 0 unspecified atom stereocenters. The monoisotopic (exact) mass is 117 g/mol. The Bertz CT molecular complexity index is 68.5. The molecule has 1 nitrogen and oxygen atoms in total. The molecule has 0 aromatic rings. The van der Waals surface area contributed by atoms with E-state index < -0.39 is 0 Å². The molecule has 0 aromatic heterocycles. The van der Waals surface area contributed by atoms with Gasteiger partial charge in [-0.05, 0) is 20.8 Å². The van der Waals surface area contributed by atoms with Crippen LogP contribution >= 0.6 is 8.86 Å². The Balaban J connectivity index is 3.13. The van der Waals surface area contributed by atoms with Gasteiger partial charge in [0, 0.05) is 11.5 Å². The van der Waals surface area contributed by atoms with E-state index in [0.717, 1.165) is 5.42 Å². The zero-order chi connectivity index (χ0) is 5.86. The number of hydrogen-bond acceptors (Lipinski definition) is 0. The van der Waals surface area contributed by atoms with Crippen molar-refractivity contribution in [1.29, 1.82) is 0 Å². The molecule has 42 valence electrons. The number of rotatable bonds is 2. The van der Waals surface area contributed by atoms with Crippen molar-refractivity contribution in [3.8, 4) is 0 Å². The molecule has 0 radical (unpaired) electrons. The fourth-order valence-corrected chi connectivity index (χ4v) is 0.722. The van der Waals surface area contributed by atoms with Crippen LogP contribution in [0.3, 0.4) is 0 Å². The molecule has 2 heteroatoms. The van der Waals surface area contributed by atoms with E-state index >= 15 is 0 Å². The van der Waals surface area contributed by atoms with Crippen LogP contribution in [0.1, 0.15) is 20.8 Å². The van der Waals surface area contributed by atoms with Crippen LogP contribution in [0.15, 0.2) is 0 Å². The molecule has 0 amide bonds. The van der Waals surface area contributed by atoms with E-state index in [9.17, 15) is 0 Å². The molecule has 0 rings (SSSR count). The van der Waals surface area contributed by atoms with Gasteiger partial charge in [-0.25, -0.2) is 0 Å². The number of hydrogen-bond donors (Lipinski definition) is 1. The summed E-state index contributed by atoms with van der Waals surface area (Å²) in [5.74, 6) is 0. The summed E-state index contributed by atoms with van der Waals surface area (Å²) < 4.78 is 0. The lowest BCUT2D eigenvalue weighted by atomic mass is 10.4. The fourth-order valence-electron chi connectivity index (χ4n) is 0.433. The van der Waals surface area contributed by atoms with Gasteiger partial charge in [0.15, 0.2) is 0 Å². The molecule has 0 aromatic carbocycles.